The molecule has 0 aliphatic heterocycles. The minimum atomic E-state index is -3.57. The van der Waals surface area contributed by atoms with Gasteiger partial charge in [0.15, 0.2) is 0 Å². The second-order valence-electron chi connectivity index (χ2n) is 5.17. The number of para-hydroxylation sites is 2. The molecule has 0 radical (unpaired) electrons. The first-order valence-electron chi connectivity index (χ1n) is 7.32. The lowest BCUT2D eigenvalue weighted by molar-refractivity contribution is -0.114. The fraction of sp³-hybridized carbons (Fsp3) is 0.235. The van der Waals surface area contributed by atoms with Crippen molar-refractivity contribution >= 4 is 27.3 Å². The van der Waals surface area contributed by atoms with E-state index in [9.17, 15) is 13.2 Å². The zero-order chi connectivity index (χ0) is 16.9. The van der Waals surface area contributed by atoms with Gasteiger partial charge in [-0.3, -0.25) is 9.10 Å². The van der Waals surface area contributed by atoms with E-state index < -0.39 is 10.0 Å². The molecule has 23 heavy (non-hydrogen) atoms. The summed E-state index contributed by atoms with van der Waals surface area (Å²) in [4.78, 5) is 12.2. The lowest BCUT2D eigenvalue weighted by atomic mass is 10.1. The molecule has 122 valence electrons. The summed E-state index contributed by atoms with van der Waals surface area (Å²) in [5.74, 6) is -0.382. The summed E-state index contributed by atoms with van der Waals surface area (Å²) in [5, 5.41) is 2.71. The fourth-order valence-corrected chi connectivity index (χ4v) is 3.17. The number of benzene rings is 2. The first-order chi connectivity index (χ1) is 10.9. The Morgan fingerprint density at radius 3 is 2.26 bits per heavy atom. The van der Waals surface area contributed by atoms with Crippen LogP contribution in [0.2, 0.25) is 0 Å². The van der Waals surface area contributed by atoms with E-state index in [4.69, 9.17) is 0 Å². The third-order valence-electron chi connectivity index (χ3n) is 3.39. The molecular formula is C17H20N2O3S. The number of sulfonamides is 1. The number of nitrogens with one attached hydrogen (secondary N) is 1. The summed E-state index contributed by atoms with van der Waals surface area (Å²) in [7, 11) is -3.57. The molecule has 1 N–H and O–H groups in total. The highest BCUT2D eigenvalue weighted by molar-refractivity contribution is 7.92. The molecule has 5 nitrogen and oxygen atoms in total. The van der Waals surface area contributed by atoms with E-state index in [1.807, 2.05) is 25.1 Å². The van der Waals surface area contributed by atoms with Gasteiger partial charge in [0.25, 0.3) is 0 Å². The van der Waals surface area contributed by atoms with Crippen LogP contribution in [-0.4, -0.2) is 27.1 Å². The van der Waals surface area contributed by atoms with Crippen molar-refractivity contribution < 1.29 is 13.2 Å². The summed E-state index contributed by atoms with van der Waals surface area (Å²) < 4.78 is 25.4. The van der Waals surface area contributed by atoms with Crippen LogP contribution < -0.4 is 9.62 Å². The standard InChI is InChI=1S/C17H20N2O3S/c1-3-14-9-7-8-12-16(14)19(23(2,21)22)13-17(20)18-15-10-5-4-6-11-15/h4-12H,3,13H2,1-2H3,(H,18,20). The van der Waals surface area contributed by atoms with Crippen LogP contribution in [0, 0.1) is 0 Å². The number of anilines is 2. The van der Waals surface area contributed by atoms with Gasteiger partial charge in [-0.05, 0) is 30.2 Å². The summed E-state index contributed by atoms with van der Waals surface area (Å²) in [6.07, 6.45) is 1.79. The SMILES string of the molecule is CCc1ccccc1N(CC(=O)Nc1ccccc1)S(C)(=O)=O. The Morgan fingerprint density at radius 1 is 1.04 bits per heavy atom. The van der Waals surface area contributed by atoms with Gasteiger partial charge in [0.05, 0.1) is 11.9 Å². The number of nitrogens with zero attached hydrogens (tertiary/aromatic N) is 1. The van der Waals surface area contributed by atoms with E-state index in [1.54, 1.807) is 36.4 Å². The van der Waals surface area contributed by atoms with Crippen LogP contribution in [0.5, 0.6) is 0 Å². The Hall–Kier alpha value is -2.34. The van der Waals surface area contributed by atoms with Crippen molar-refractivity contribution in [2.24, 2.45) is 0 Å². The minimum absolute atomic E-state index is 0.259. The Bertz CT molecular complexity index is 773. The molecule has 0 saturated carbocycles. The molecule has 0 fully saturated rings. The maximum absolute atomic E-state index is 12.2. The number of carbonyl (C=O) groups is 1. The van der Waals surface area contributed by atoms with Gasteiger partial charge in [-0.1, -0.05) is 43.3 Å². The Kier molecular flexibility index (Phi) is 5.39. The number of carbonyl (C=O) groups excluding carboxylic acids is 1. The molecule has 0 heterocycles. The van der Waals surface area contributed by atoms with Gasteiger partial charge in [0.1, 0.15) is 6.54 Å². The maximum Gasteiger partial charge on any atom is 0.245 e. The summed E-state index contributed by atoms with van der Waals surface area (Å²) in [6, 6.07) is 16.2. The number of rotatable bonds is 6. The van der Waals surface area contributed by atoms with E-state index in [1.165, 1.54) is 0 Å². The molecule has 0 saturated heterocycles. The van der Waals surface area contributed by atoms with Crippen molar-refractivity contribution in [1.82, 2.24) is 0 Å². The van der Waals surface area contributed by atoms with Crippen LogP contribution in [0.1, 0.15) is 12.5 Å². The smallest absolute Gasteiger partial charge is 0.245 e. The summed E-state index contributed by atoms with van der Waals surface area (Å²) in [5.41, 5.74) is 2.06. The number of hydrogen-bond donors (Lipinski definition) is 1. The average Bonchev–Trinajstić information content (AvgIpc) is 2.52. The molecule has 0 unspecified atom stereocenters. The van der Waals surface area contributed by atoms with E-state index in [2.05, 4.69) is 5.32 Å². The van der Waals surface area contributed by atoms with Gasteiger partial charge in [-0.25, -0.2) is 8.42 Å². The molecule has 2 rings (SSSR count). The molecule has 0 aliphatic rings. The zero-order valence-electron chi connectivity index (χ0n) is 13.2. The molecule has 2 aromatic rings. The predicted octanol–water partition coefficient (Wildman–Crippen LogP) is 2.65. The summed E-state index contributed by atoms with van der Waals surface area (Å²) in [6.45, 7) is 1.69. The highest BCUT2D eigenvalue weighted by Gasteiger charge is 2.22. The average molecular weight is 332 g/mol. The Balaban J connectivity index is 2.25. The van der Waals surface area contributed by atoms with Crippen LogP contribution in [0.4, 0.5) is 11.4 Å². The lowest BCUT2D eigenvalue weighted by Gasteiger charge is -2.24. The van der Waals surface area contributed by atoms with Crippen LogP contribution in [0.25, 0.3) is 0 Å². The van der Waals surface area contributed by atoms with E-state index in [0.717, 1.165) is 16.1 Å². The van der Waals surface area contributed by atoms with Gasteiger partial charge in [-0.15, -0.1) is 0 Å². The molecule has 0 aliphatic carbocycles. The van der Waals surface area contributed by atoms with Crippen molar-refractivity contribution in [2.75, 3.05) is 22.4 Å². The zero-order valence-corrected chi connectivity index (χ0v) is 14.0. The number of amides is 1. The topological polar surface area (TPSA) is 66.5 Å². The van der Waals surface area contributed by atoms with Crippen molar-refractivity contribution in [1.29, 1.82) is 0 Å². The lowest BCUT2D eigenvalue weighted by Crippen LogP contribution is -2.38. The molecule has 2 aromatic carbocycles. The molecule has 1 amide bonds. The molecular weight excluding hydrogens is 312 g/mol. The highest BCUT2D eigenvalue weighted by Crippen LogP contribution is 2.23. The Morgan fingerprint density at radius 2 is 1.65 bits per heavy atom. The van der Waals surface area contributed by atoms with Crippen molar-refractivity contribution in [3.63, 3.8) is 0 Å². The normalized spacial score (nSPS) is 11.0. The van der Waals surface area contributed by atoms with Gasteiger partial charge < -0.3 is 5.32 Å². The minimum Gasteiger partial charge on any atom is -0.325 e. The molecule has 0 spiro atoms. The maximum atomic E-state index is 12.2. The van der Waals surface area contributed by atoms with Gasteiger partial charge in [0.2, 0.25) is 15.9 Å². The fourth-order valence-electron chi connectivity index (χ4n) is 2.29. The van der Waals surface area contributed by atoms with Crippen molar-refractivity contribution in [2.45, 2.75) is 13.3 Å². The number of hydrogen-bond acceptors (Lipinski definition) is 3. The van der Waals surface area contributed by atoms with Crippen molar-refractivity contribution in [3.05, 3.63) is 60.2 Å². The van der Waals surface area contributed by atoms with Crippen molar-refractivity contribution in [3.8, 4) is 0 Å². The van der Waals surface area contributed by atoms with Gasteiger partial charge in [0, 0.05) is 5.69 Å². The van der Waals surface area contributed by atoms with Gasteiger partial charge >= 0.3 is 0 Å². The highest BCUT2D eigenvalue weighted by atomic mass is 32.2. The Labute approximate surface area is 137 Å². The monoisotopic (exact) mass is 332 g/mol. The quantitative estimate of drug-likeness (QED) is 0.884. The third-order valence-corrected chi connectivity index (χ3v) is 4.51. The first-order valence-corrected chi connectivity index (χ1v) is 9.17. The van der Waals surface area contributed by atoms with Crippen LogP contribution in [-0.2, 0) is 21.2 Å². The molecule has 0 bridgehead atoms. The predicted molar refractivity (Wildman–Crippen MR) is 93.1 cm³/mol. The van der Waals surface area contributed by atoms with E-state index in [0.29, 0.717) is 17.8 Å². The largest absolute Gasteiger partial charge is 0.325 e. The van der Waals surface area contributed by atoms with Crippen LogP contribution in [0.15, 0.2) is 54.6 Å². The van der Waals surface area contributed by atoms with E-state index in [-0.39, 0.29) is 12.5 Å². The van der Waals surface area contributed by atoms with E-state index >= 15 is 0 Å². The van der Waals surface area contributed by atoms with Crippen LogP contribution >= 0.6 is 0 Å². The first kappa shape index (κ1) is 17.0. The second kappa shape index (κ2) is 7.28. The number of aryl methyl sites for hydroxylation is 1. The summed E-state index contributed by atoms with van der Waals surface area (Å²) >= 11 is 0. The second-order valence-corrected chi connectivity index (χ2v) is 7.07. The molecule has 0 atom stereocenters. The van der Waals surface area contributed by atoms with Crippen LogP contribution in [0.3, 0.4) is 0 Å². The third kappa shape index (κ3) is 4.56. The molecule has 0 aromatic heterocycles. The molecule has 6 heteroatoms. The van der Waals surface area contributed by atoms with Gasteiger partial charge in [-0.2, -0.15) is 0 Å².